The van der Waals surface area contributed by atoms with Gasteiger partial charge in [0.2, 0.25) is 21.8 Å². The summed E-state index contributed by atoms with van der Waals surface area (Å²) in [5.41, 5.74) is -0.950. The van der Waals surface area contributed by atoms with Crippen molar-refractivity contribution in [1.29, 1.82) is 0 Å². The monoisotopic (exact) mass is 503 g/mol. The van der Waals surface area contributed by atoms with Gasteiger partial charge in [-0.15, -0.1) is 0 Å². The van der Waals surface area contributed by atoms with Crippen LogP contribution in [0.25, 0.3) is 0 Å². The Hall–Kier alpha value is -3.15. The van der Waals surface area contributed by atoms with Gasteiger partial charge in [-0.3, -0.25) is 13.9 Å². The van der Waals surface area contributed by atoms with E-state index in [1.165, 1.54) is 31.3 Å². The number of nitrogens with zero attached hydrogens (tertiary/aromatic N) is 2. The van der Waals surface area contributed by atoms with Crippen LogP contribution in [0, 0.1) is 5.82 Å². The Morgan fingerprint density at radius 1 is 1.09 bits per heavy atom. The van der Waals surface area contributed by atoms with Gasteiger partial charge in [0.05, 0.1) is 17.5 Å². The molecule has 7 nitrogen and oxygen atoms in total. The minimum Gasteiger partial charge on any atom is -0.357 e. The number of benzene rings is 2. The summed E-state index contributed by atoms with van der Waals surface area (Å²) in [6.45, 7) is 0.659. The molecule has 0 bridgehead atoms. The highest BCUT2D eigenvalue weighted by Crippen LogP contribution is 2.32. The minimum atomic E-state index is -4.72. The highest BCUT2D eigenvalue weighted by molar-refractivity contribution is 7.92. The van der Waals surface area contributed by atoms with Gasteiger partial charge in [0, 0.05) is 13.6 Å². The molecule has 0 saturated heterocycles. The van der Waals surface area contributed by atoms with Gasteiger partial charge < -0.3 is 10.2 Å². The fraction of sp³-hybridized carbons (Fsp3) is 0.364. The summed E-state index contributed by atoms with van der Waals surface area (Å²) in [7, 11) is -2.81. The Morgan fingerprint density at radius 3 is 2.21 bits per heavy atom. The number of carbonyl (C=O) groups excluding carboxylic acids is 2. The summed E-state index contributed by atoms with van der Waals surface area (Å²) >= 11 is 0. The molecule has 186 valence electrons. The molecule has 0 radical (unpaired) electrons. The topological polar surface area (TPSA) is 86.8 Å². The number of carbonyl (C=O) groups is 2. The number of amides is 2. The molecule has 0 aromatic heterocycles. The maximum Gasteiger partial charge on any atom is 0.416 e. The van der Waals surface area contributed by atoms with E-state index >= 15 is 0 Å². The first-order valence-corrected chi connectivity index (χ1v) is 12.0. The summed E-state index contributed by atoms with van der Waals surface area (Å²) in [5, 5.41) is 2.44. The zero-order valence-electron chi connectivity index (χ0n) is 18.8. The number of nitrogens with one attached hydrogen (secondary N) is 1. The average Bonchev–Trinajstić information content (AvgIpc) is 2.77. The second-order valence-electron chi connectivity index (χ2n) is 7.50. The molecule has 0 unspecified atom stereocenters. The molecule has 2 rings (SSSR count). The van der Waals surface area contributed by atoms with E-state index in [-0.39, 0.29) is 18.7 Å². The van der Waals surface area contributed by atoms with Crippen molar-refractivity contribution in [2.75, 3.05) is 24.2 Å². The molecular formula is C22H25F4N3O4S. The van der Waals surface area contributed by atoms with E-state index in [4.69, 9.17) is 0 Å². The average molecular weight is 504 g/mol. The lowest BCUT2D eigenvalue weighted by atomic mass is 10.1. The minimum absolute atomic E-state index is 0.148. The number of hydrogen-bond donors (Lipinski definition) is 1. The number of halogens is 4. The van der Waals surface area contributed by atoms with E-state index in [0.717, 1.165) is 29.4 Å². The van der Waals surface area contributed by atoms with Crippen LogP contribution < -0.4 is 9.62 Å². The van der Waals surface area contributed by atoms with Crippen molar-refractivity contribution in [1.82, 2.24) is 10.2 Å². The Labute approximate surface area is 195 Å². The SMILES string of the molecule is CC[C@H](C(=O)NC)N(Cc1ccc(F)cc1)C(=O)CN(c1cccc(C(F)(F)F)c1)S(C)(=O)=O. The fourth-order valence-electron chi connectivity index (χ4n) is 3.32. The summed E-state index contributed by atoms with van der Waals surface area (Å²) in [5.74, 6) is -1.83. The Bertz CT molecular complexity index is 1120. The summed E-state index contributed by atoms with van der Waals surface area (Å²) < 4.78 is 78.2. The first kappa shape index (κ1) is 27.1. The Balaban J connectivity index is 2.46. The van der Waals surface area contributed by atoms with Crippen molar-refractivity contribution in [3.8, 4) is 0 Å². The van der Waals surface area contributed by atoms with Gasteiger partial charge in [-0.25, -0.2) is 12.8 Å². The first-order valence-electron chi connectivity index (χ1n) is 10.2. The molecule has 34 heavy (non-hydrogen) atoms. The number of sulfonamides is 1. The first-order chi connectivity index (χ1) is 15.8. The number of hydrogen-bond acceptors (Lipinski definition) is 4. The van der Waals surface area contributed by atoms with Crippen LogP contribution in [0.1, 0.15) is 24.5 Å². The van der Waals surface area contributed by atoms with Crippen LogP contribution in [0.5, 0.6) is 0 Å². The van der Waals surface area contributed by atoms with E-state index in [1.807, 2.05) is 0 Å². The van der Waals surface area contributed by atoms with Crippen LogP contribution in [-0.2, 0) is 32.3 Å². The Kier molecular flexibility index (Phi) is 8.65. The van der Waals surface area contributed by atoms with Crippen molar-refractivity contribution >= 4 is 27.5 Å². The fourth-order valence-corrected chi connectivity index (χ4v) is 4.17. The van der Waals surface area contributed by atoms with Crippen LogP contribution in [0.15, 0.2) is 48.5 Å². The third kappa shape index (κ3) is 6.92. The van der Waals surface area contributed by atoms with Gasteiger partial charge in [-0.1, -0.05) is 25.1 Å². The normalized spacial score (nSPS) is 12.7. The zero-order chi connectivity index (χ0) is 25.7. The van der Waals surface area contributed by atoms with Crippen molar-refractivity contribution in [3.63, 3.8) is 0 Å². The molecule has 0 saturated carbocycles. The predicted octanol–water partition coefficient (Wildman–Crippen LogP) is 3.16. The zero-order valence-corrected chi connectivity index (χ0v) is 19.6. The third-order valence-electron chi connectivity index (χ3n) is 5.04. The highest BCUT2D eigenvalue weighted by Gasteiger charge is 2.34. The molecule has 0 spiro atoms. The predicted molar refractivity (Wildman–Crippen MR) is 119 cm³/mol. The van der Waals surface area contributed by atoms with E-state index in [9.17, 15) is 35.6 Å². The molecule has 1 N–H and O–H groups in total. The van der Waals surface area contributed by atoms with Crippen LogP contribution >= 0.6 is 0 Å². The number of likely N-dealkylation sites (N-methyl/N-ethyl adjacent to an activating group) is 1. The number of rotatable bonds is 9. The van der Waals surface area contributed by atoms with Gasteiger partial charge >= 0.3 is 6.18 Å². The molecule has 0 fully saturated rings. The van der Waals surface area contributed by atoms with Gasteiger partial charge in [0.1, 0.15) is 18.4 Å². The maximum absolute atomic E-state index is 13.3. The molecule has 12 heteroatoms. The van der Waals surface area contributed by atoms with E-state index < -0.39 is 52.0 Å². The molecule has 0 aliphatic heterocycles. The smallest absolute Gasteiger partial charge is 0.357 e. The lowest BCUT2D eigenvalue weighted by Crippen LogP contribution is -2.51. The van der Waals surface area contributed by atoms with Crippen molar-refractivity contribution < 1.29 is 35.6 Å². The van der Waals surface area contributed by atoms with Gasteiger partial charge in [0.15, 0.2) is 0 Å². The van der Waals surface area contributed by atoms with Crippen LogP contribution in [0.2, 0.25) is 0 Å². The van der Waals surface area contributed by atoms with Crippen molar-refractivity contribution in [2.45, 2.75) is 32.1 Å². The molecule has 2 amide bonds. The second-order valence-corrected chi connectivity index (χ2v) is 9.41. The van der Waals surface area contributed by atoms with Crippen LogP contribution in [-0.4, -0.2) is 51.0 Å². The summed E-state index contributed by atoms with van der Waals surface area (Å²) in [6, 6.07) is 7.76. The lowest BCUT2D eigenvalue weighted by Gasteiger charge is -2.32. The molecule has 1 atom stereocenters. The van der Waals surface area contributed by atoms with Gasteiger partial charge in [-0.2, -0.15) is 13.2 Å². The maximum atomic E-state index is 13.3. The molecule has 2 aromatic rings. The van der Waals surface area contributed by atoms with Gasteiger partial charge in [0.25, 0.3) is 0 Å². The molecule has 2 aromatic carbocycles. The Morgan fingerprint density at radius 2 is 1.71 bits per heavy atom. The van der Waals surface area contributed by atoms with Crippen molar-refractivity contribution in [2.24, 2.45) is 0 Å². The highest BCUT2D eigenvalue weighted by atomic mass is 32.2. The third-order valence-corrected chi connectivity index (χ3v) is 6.18. The largest absolute Gasteiger partial charge is 0.416 e. The van der Waals surface area contributed by atoms with Crippen LogP contribution in [0.4, 0.5) is 23.2 Å². The molecule has 0 aliphatic carbocycles. The van der Waals surface area contributed by atoms with Crippen LogP contribution in [0.3, 0.4) is 0 Å². The number of alkyl halides is 3. The van der Waals surface area contributed by atoms with E-state index in [1.54, 1.807) is 6.92 Å². The van der Waals surface area contributed by atoms with E-state index in [2.05, 4.69) is 5.32 Å². The quantitative estimate of drug-likeness (QED) is 0.533. The summed E-state index contributed by atoms with van der Waals surface area (Å²) in [6.07, 6.45) is -3.78. The summed E-state index contributed by atoms with van der Waals surface area (Å²) in [4.78, 5) is 26.8. The van der Waals surface area contributed by atoms with Crippen molar-refractivity contribution in [3.05, 3.63) is 65.5 Å². The molecular weight excluding hydrogens is 478 g/mol. The second kappa shape index (κ2) is 10.9. The number of anilines is 1. The lowest BCUT2D eigenvalue weighted by molar-refractivity contribution is -0.140. The standard InChI is InChI=1S/C22H25F4N3O4S/c1-4-19(21(31)27-2)28(13-15-8-10-17(23)11-9-15)20(30)14-29(34(3,32)33)18-7-5-6-16(12-18)22(24,25)26/h5-12,19H,4,13-14H2,1-3H3,(H,27,31)/t19-/m1/s1. The molecule has 0 aliphatic rings. The van der Waals surface area contributed by atoms with E-state index in [0.29, 0.717) is 15.9 Å². The van der Waals surface area contributed by atoms with Gasteiger partial charge in [-0.05, 0) is 42.3 Å². The molecule has 0 heterocycles.